The maximum absolute atomic E-state index is 13.4. The first kappa shape index (κ1) is 21.2. The molecule has 5 rings (SSSR count). The van der Waals surface area contributed by atoms with Crippen molar-refractivity contribution in [2.75, 3.05) is 36.2 Å². The smallest absolute Gasteiger partial charge is 0.416 e. The number of nitrogens with zero attached hydrogens (tertiary/aromatic N) is 3. The molecule has 0 unspecified atom stereocenters. The van der Waals surface area contributed by atoms with E-state index in [2.05, 4.69) is 26.0 Å². The van der Waals surface area contributed by atoms with Crippen molar-refractivity contribution in [3.05, 3.63) is 30.0 Å². The van der Waals surface area contributed by atoms with Gasteiger partial charge < -0.3 is 25.4 Å². The van der Waals surface area contributed by atoms with Crippen molar-refractivity contribution < 1.29 is 27.4 Å². The van der Waals surface area contributed by atoms with Crippen LogP contribution in [-0.2, 0) is 11.0 Å². The van der Waals surface area contributed by atoms with Gasteiger partial charge in [-0.3, -0.25) is 4.79 Å². The lowest BCUT2D eigenvalue weighted by Gasteiger charge is -2.23. The quantitative estimate of drug-likeness (QED) is 0.508. The summed E-state index contributed by atoms with van der Waals surface area (Å²) in [4.78, 5) is 16.8. The molecular formula is C21H21F3N6O3. The van der Waals surface area contributed by atoms with Gasteiger partial charge in [-0.1, -0.05) is 0 Å². The molecule has 2 aromatic heterocycles. The highest BCUT2D eigenvalue weighted by molar-refractivity contribution is 5.95. The summed E-state index contributed by atoms with van der Waals surface area (Å²) in [6.07, 6.45) is -0.552. The number of hydrogen-bond acceptors (Lipinski definition) is 7. The summed E-state index contributed by atoms with van der Waals surface area (Å²) in [5, 5.41) is 13.0. The van der Waals surface area contributed by atoms with Crippen LogP contribution in [0.3, 0.4) is 0 Å². The number of amides is 1. The number of carbonyl (C=O) groups excluding carboxylic acids is 1. The van der Waals surface area contributed by atoms with Crippen LogP contribution in [0.4, 0.5) is 36.2 Å². The Kier molecular flexibility index (Phi) is 5.14. The molecule has 3 heterocycles. The van der Waals surface area contributed by atoms with Crippen molar-refractivity contribution in [3.8, 4) is 11.5 Å². The van der Waals surface area contributed by atoms with Gasteiger partial charge in [0.15, 0.2) is 17.1 Å². The number of rotatable bonds is 6. The van der Waals surface area contributed by atoms with Gasteiger partial charge in [0.25, 0.3) is 0 Å². The maximum Gasteiger partial charge on any atom is 0.416 e. The summed E-state index contributed by atoms with van der Waals surface area (Å²) in [7, 11) is 1.68. The summed E-state index contributed by atoms with van der Waals surface area (Å²) >= 11 is 0. The van der Waals surface area contributed by atoms with Crippen molar-refractivity contribution in [2.45, 2.75) is 25.4 Å². The molecule has 2 aliphatic rings. The fraction of sp³-hybridized carbons (Fsp3) is 0.381. The minimum Gasteiger partial charge on any atom is -0.486 e. The Morgan fingerprint density at radius 1 is 1.18 bits per heavy atom. The first-order valence-corrected chi connectivity index (χ1v) is 10.5. The Morgan fingerprint density at radius 3 is 2.70 bits per heavy atom. The molecule has 1 aliphatic heterocycles. The van der Waals surface area contributed by atoms with E-state index >= 15 is 0 Å². The molecular weight excluding hydrogens is 441 g/mol. The van der Waals surface area contributed by atoms with E-state index < -0.39 is 11.7 Å². The Morgan fingerprint density at radius 2 is 1.97 bits per heavy atom. The number of aromatic nitrogens is 3. The summed E-state index contributed by atoms with van der Waals surface area (Å²) in [5.74, 6) is 1.22. The second kappa shape index (κ2) is 8.01. The molecule has 3 N–H and O–H groups in total. The molecule has 1 aromatic carbocycles. The molecule has 33 heavy (non-hydrogen) atoms. The minimum atomic E-state index is -4.57. The van der Waals surface area contributed by atoms with Gasteiger partial charge in [-0.05, 0) is 30.9 Å². The molecule has 0 atom stereocenters. The van der Waals surface area contributed by atoms with E-state index in [-0.39, 0.29) is 42.1 Å². The number of benzene rings is 1. The Labute approximate surface area is 186 Å². The van der Waals surface area contributed by atoms with E-state index in [1.807, 2.05) is 0 Å². The summed E-state index contributed by atoms with van der Waals surface area (Å²) in [6, 6.07) is 3.46. The number of halogens is 3. The van der Waals surface area contributed by atoms with Crippen molar-refractivity contribution in [1.82, 2.24) is 14.6 Å². The zero-order chi connectivity index (χ0) is 23.2. The second-order valence-electron chi connectivity index (χ2n) is 7.94. The monoisotopic (exact) mass is 462 g/mol. The SMILES string of the molecule is CNc1cc(Nc2cc(C(F)(F)F)cc3c2OCCO3)nc2c(NC(=O)CC3CC3)cnn12. The zero-order valence-electron chi connectivity index (χ0n) is 17.6. The number of hydrogen-bond donors (Lipinski definition) is 3. The number of carbonyl (C=O) groups is 1. The Bertz CT molecular complexity index is 1220. The van der Waals surface area contributed by atoms with E-state index in [1.165, 1.54) is 10.7 Å². The fourth-order valence-electron chi connectivity index (χ4n) is 3.63. The molecule has 1 fully saturated rings. The van der Waals surface area contributed by atoms with Crippen molar-refractivity contribution in [3.63, 3.8) is 0 Å². The molecule has 0 saturated heterocycles. The molecule has 3 aromatic rings. The van der Waals surface area contributed by atoms with Crippen LogP contribution in [0.1, 0.15) is 24.8 Å². The predicted molar refractivity (Wildman–Crippen MR) is 114 cm³/mol. The van der Waals surface area contributed by atoms with Gasteiger partial charge >= 0.3 is 6.18 Å². The lowest BCUT2D eigenvalue weighted by Crippen LogP contribution is -2.18. The highest BCUT2D eigenvalue weighted by atomic mass is 19.4. The van der Waals surface area contributed by atoms with Gasteiger partial charge in [-0.2, -0.15) is 22.8 Å². The molecule has 0 spiro atoms. The first-order chi connectivity index (χ1) is 15.8. The molecule has 12 heteroatoms. The van der Waals surface area contributed by atoms with Gasteiger partial charge in [-0.15, -0.1) is 0 Å². The van der Waals surface area contributed by atoms with Crippen LogP contribution in [0.25, 0.3) is 5.65 Å². The third-order valence-corrected chi connectivity index (χ3v) is 5.41. The largest absolute Gasteiger partial charge is 0.486 e. The molecule has 0 radical (unpaired) electrons. The van der Waals surface area contributed by atoms with Gasteiger partial charge in [0, 0.05) is 19.5 Å². The van der Waals surface area contributed by atoms with E-state index in [1.54, 1.807) is 13.1 Å². The third kappa shape index (κ3) is 4.32. The molecule has 1 amide bonds. The number of fused-ring (bicyclic) bond motifs is 2. The Balaban J connectivity index is 1.52. The van der Waals surface area contributed by atoms with Gasteiger partial charge in [0.1, 0.15) is 30.5 Å². The average Bonchev–Trinajstić information content (AvgIpc) is 3.51. The van der Waals surface area contributed by atoms with Crippen molar-refractivity contribution in [2.24, 2.45) is 5.92 Å². The molecule has 1 aliphatic carbocycles. The Hall–Kier alpha value is -3.70. The van der Waals surface area contributed by atoms with E-state index in [0.717, 1.165) is 25.0 Å². The number of alkyl halides is 3. The van der Waals surface area contributed by atoms with Crippen LogP contribution in [0.15, 0.2) is 24.4 Å². The lowest BCUT2D eigenvalue weighted by atomic mass is 10.1. The number of anilines is 4. The van der Waals surface area contributed by atoms with Crippen LogP contribution >= 0.6 is 0 Å². The number of ether oxygens (including phenoxy) is 2. The molecule has 1 saturated carbocycles. The summed E-state index contributed by atoms with van der Waals surface area (Å²) < 4.78 is 52.7. The van der Waals surface area contributed by atoms with Crippen LogP contribution < -0.4 is 25.4 Å². The highest BCUT2D eigenvalue weighted by Gasteiger charge is 2.34. The second-order valence-corrected chi connectivity index (χ2v) is 7.94. The standard InChI is InChI=1S/C21H21F3N6O3/c1-25-17-9-16(29-20-14(10-26-30(17)20)28-18(31)6-11-2-3-11)27-13-7-12(21(22,23)24)8-15-19(13)33-5-4-32-15/h7-11,25H,2-6H2,1H3,(H,27,29)(H,28,31). The molecule has 9 nitrogen and oxygen atoms in total. The topological polar surface area (TPSA) is 102 Å². The van der Waals surface area contributed by atoms with Crippen LogP contribution in [0.5, 0.6) is 11.5 Å². The first-order valence-electron chi connectivity index (χ1n) is 10.5. The third-order valence-electron chi connectivity index (χ3n) is 5.41. The van der Waals surface area contributed by atoms with E-state index in [9.17, 15) is 18.0 Å². The van der Waals surface area contributed by atoms with E-state index in [0.29, 0.717) is 29.5 Å². The zero-order valence-corrected chi connectivity index (χ0v) is 17.6. The number of nitrogens with one attached hydrogen (secondary N) is 3. The van der Waals surface area contributed by atoms with Gasteiger partial charge in [0.05, 0.1) is 17.4 Å². The van der Waals surface area contributed by atoms with Crippen molar-refractivity contribution >= 4 is 34.6 Å². The average molecular weight is 462 g/mol. The minimum absolute atomic E-state index is 0.00544. The highest BCUT2D eigenvalue weighted by Crippen LogP contribution is 2.44. The van der Waals surface area contributed by atoms with Gasteiger partial charge in [-0.25, -0.2) is 4.98 Å². The fourth-order valence-corrected chi connectivity index (χ4v) is 3.63. The van der Waals surface area contributed by atoms with E-state index in [4.69, 9.17) is 9.47 Å². The van der Waals surface area contributed by atoms with Crippen LogP contribution in [-0.4, -0.2) is 40.8 Å². The van der Waals surface area contributed by atoms with Gasteiger partial charge in [0.2, 0.25) is 5.91 Å². The molecule has 174 valence electrons. The lowest BCUT2D eigenvalue weighted by molar-refractivity contribution is -0.137. The van der Waals surface area contributed by atoms with Crippen LogP contribution in [0.2, 0.25) is 0 Å². The van der Waals surface area contributed by atoms with Crippen LogP contribution in [0, 0.1) is 5.92 Å². The predicted octanol–water partition coefficient (Wildman–Crippen LogP) is 4.04. The summed E-state index contributed by atoms with van der Waals surface area (Å²) in [6.45, 7) is 0.364. The summed E-state index contributed by atoms with van der Waals surface area (Å²) in [5.41, 5.74) is -0.0585. The normalized spacial score (nSPS) is 15.4. The molecule has 0 bridgehead atoms. The van der Waals surface area contributed by atoms with Crippen molar-refractivity contribution in [1.29, 1.82) is 0 Å². The maximum atomic E-state index is 13.4.